The Hall–Kier alpha value is -1.40. The zero-order chi connectivity index (χ0) is 15.5. The summed E-state index contributed by atoms with van der Waals surface area (Å²) in [6, 6.07) is 7.43. The van der Waals surface area contributed by atoms with Crippen LogP contribution in [0.4, 0.5) is 0 Å². The molecule has 0 spiro atoms. The third-order valence-corrected chi connectivity index (χ3v) is 4.88. The maximum atomic E-state index is 12.5. The van der Waals surface area contributed by atoms with Gasteiger partial charge in [0.15, 0.2) is 0 Å². The largest absolute Gasteiger partial charge is 0.368 e. The fraction of sp³-hybridized carbons (Fsp3) is 0.500. The molecular formula is C16H19BrN2O3. The van der Waals surface area contributed by atoms with Crippen LogP contribution >= 0.6 is 15.9 Å². The molecule has 22 heavy (non-hydrogen) atoms. The maximum Gasteiger partial charge on any atom is 0.255 e. The van der Waals surface area contributed by atoms with E-state index >= 15 is 0 Å². The normalized spacial score (nSPS) is 22.0. The van der Waals surface area contributed by atoms with E-state index in [1.807, 2.05) is 29.2 Å². The van der Waals surface area contributed by atoms with Crippen LogP contribution in [-0.2, 0) is 9.53 Å². The first-order valence-electron chi connectivity index (χ1n) is 7.61. The highest BCUT2D eigenvalue weighted by Crippen LogP contribution is 2.20. The zero-order valence-electron chi connectivity index (χ0n) is 12.3. The summed E-state index contributed by atoms with van der Waals surface area (Å²) in [5.41, 5.74) is 0.668. The summed E-state index contributed by atoms with van der Waals surface area (Å²) in [4.78, 5) is 28.4. The van der Waals surface area contributed by atoms with Crippen LogP contribution < -0.4 is 0 Å². The van der Waals surface area contributed by atoms with E-state index in [1.54, 1.807) is 4.90 Å². The molecule has 0 bridgehead atoms. The fourth-order valence-corrected chi connectivity index (χ4v) is 3.37. The van der Waals surface area contributed by atoms with Crippen molar-refractivity contribution < 1.29 is 14.3 Å². The highest BCUT2D eigenvalue weighted by molar-refractivity contribution is 9.10. The predicted octanol–water partition coefficient (Wildman–Crippen LogP) is 1.91. The molecule has 2 aliphatic heterocycles. The second-order valence-electron chi connectivity index (χ2n) is 5.60. The molecule has 5 nitrogen and oxygen atoms in total. The van der Waals surface area contributed by atoms with Gasteiger partial charge in [-0.3, -0.25) is 9.59 Å². The molecule has 2 saturated heterocycles. The van der Waals surface area contributed by atoms with E-state index in [2.05, 4.69) is 15.9 Å². The van der Waals surface area contributed by atoms with E-state index in [1.165, 1.54) is 0 Å². The molecule has 0 aromatic heterocycles. The Balaban J connectivity index is 1.58. The molecule has 2 heterocycles. The number of hydrogen-bond donors (Lipinski definition) is 0. The van der Waals surface area contributed by atoms with Gasteiger partial charge >= 0.3 is 0 Å². The van der Waals surface area contributed by atoms with Crippen LogP contribution in [0.25, 0.3) is 0 Å². The highest BCUT2D eigenvalue weighted by Gasteiger charge is 2.31. The predicted molar refractivity (Wildman–Crippen MR) is 85.6 cm³/mol. The number of amides is 2. The van der Waals surface area contributed by atoms with E-state index in [9.17, 15) is 9.59 Å². The van der Waals surface area contributed by atoms with Crippen LogP contribution in [-0.4, -0.2) is 60.5 Å². The lowest BCUT2D eigenvalue weighted by Gasteiger charge is -2.35. The molecule has 0 radical (unpaired) electrons. The molecule has 3 rings (SSSR count). The van der Waals surface area contributed by atoms with Crippen LogP contribution in [0, 0.1) is 0 Å². The van der Waals surface area contributed by atoms with Gasteiger partial charge in [-0.05, 0) is 40.9 Å². The fourth-order valence-electron chi connectivity index (χ4n) is 2.91. The zero-order valence-corrected chi connectivity index (χ0v) is 13.9. The van der Waals surface area contributed by atoms with E-state index in [-0.39, 0.29) is 17.9 Å². The van der Waals surface area contributed by atoms with E-state index in [4.69, 9.17) is 4.74 Å². The molecule has 1 atom stereocenters. The molecule has 118 valence electrons. The average molecular weight is 367 g/mol. The highest BCUT2D eigenvalue weighted by atomic mass is 79.9. The third kappa shape index (κ3) is 3.17. The Morgan fingerprint density at radius 3 is 2.41 bits per heavy atom. The molecule has 2 fully saturated rings. The van der Waals surface area contributed by atoms with Crippen LogP contribution in [0.1, 0.15) is 23.2 Å². The van der Waals surface area contributed by atoms with Crippen LogP contribution in [0.15, 0.2) is 28.7 Å². The first kappa shape index (κ1) is 15.5. The van der Waals surface area contributed by atoms with Gasteiger partial charge in [0.1, 0.15) is 6.10 Å². The van der Waals surface area contributed by atoms with Crippen molar-refractivity contribution in [2.45, 2.75) is 18.9 Å². The van der Waals surface area contributed by atoms with E-state index in [0.29, 0.717) is 38.3 Å². The number of carbonyl (C=O) groups excluding carboxylic acids is 2. The molecule has 2 aliphatic rings. The lowest BCUT2D eigenvalue weighted by atomic mass is 10.1. The lowest BCUT2D eigenvalue weighted by molar-refractivity contribution is -0.142. The molecule has 2 amide bonds. The Morgan fingerprint density at radius 1 is 1.09 bits per heavy atom. The minimum absolute atomic E-state index is 0.0108. The SMILES string of the molecule is O=C(c1ccccc1Br)N1CCN(C(=O)C2CCCO2)CC1. The number of carbonyl (C=O) groups is 2. The quantitative estimate of drug-likeness (QED) is 0.803. The van der Waals surface area contributed by atoms with Gasteiger partial charge in [-0.1, -0.05) is 12.1 Å². The number of ether oxygens (including phenoxy) is 1. The van der Waals surface area contributed by atoms with Gasteiger partial charge in [0, 0.05) is 37.3 Å². The maximum absolute atomic E-state index is 12.5. The van der Waals surface area contributed by atoms with Crippen LogP contribution in [0.2, 0.25) is 0 Å². The molecule has 1 unspecified atom stereocenters. The summed E-state index contributed by atoms with van der Waals surface area (Å²) in [6.45, 7) is 2.97. The molecular weight excluding hydrogens is 348 g/mol. The Kier molecular flexibility index (Phi) is 4.78. The number of benzene rings is 1. The van der Waals surface area contributed by atoms with E-state index in [0.717, 1.165) is 17.3 Å². The third-order valence-electron chi connectivity index (χ3n) is 4.19. The molecule has 0 aliphatic carbocycles. The number of nitrogens with zero attached hydrogens (tertiary/aromatic N) is 2. The Bertz CT molecular complexity index is 564. The molecule has 1 aromatic rings. The Labute approximate surface area is 138 Å². The number of piperazine rings is 1. The number of rotatable bonds is 2. The van der Waals surface area contributed by atoms with Gasteiger partial charge in [-0.2, -0.15) is 0 Å². The van der Waals surface area contributed by atoms with Crippen molar-refractivity contribution in [3.05, 3.63) is 34.3 Å². The van der Waals surface area contributed by atoms with Crippen molar-refractivity contribution in [2.24, 2.45) is 0 Å². The first-order chi connectivity index (χ1) is 10.7. The monoisotopic (exact) mass is 366 g/mol. The minimum Gasteiger partial charge on any atom is -0.368 e. The summed E-state index contributed by atoms with van der Waals surface area (Å²) in [7, 11) is 0. The van der Waals surface area contributed by atoms with Crippen molar-refractivity contribution in [3.63, 3.8) is 0 Å². The van der Waals surface area contributed by atoms with E-state index < -0.39 is 0 Å². The van der Waals surface area contributed by atoms with Gasteiger partial charge in [-0.25, -0.2) is 0 Å². The first-order valence-corrected chi connectivity index (χ1v) is 8.40. The van der Waals surface area contributed by atoms with Crippen molar-refractivity contribution >= 4 is 27.7 Å². The summed E-state index contributed by atoms with van der Waals surface area (Å²) in [5, 5.41) is 0. The number of hydrogen-bond acceptors (Lipinski definition) is 3. The van der Waals surface area contributed by atoms with Crippen LogP contribution in [0.5, 0.6) is 0 Å². The second-order valence-corrected chi connectivity index (χ2v) is 6.45. The summed E-state index contributed by atoms with van der Waals surface area (Å²) in [5.74, 6) is 0.0854. The topological polar surface area (TPSA) is 49.9 Å². The van der Waals surface area contributed by atoms with Gasteiger partial charge < -0.3 is 14.5 Å². The standard InChI is InChI=1S/C16H19BrN2O3/c17-13-5-2-1-4-12(13)15(20)18-7-9-19(10-8-18)16(21)14-6-3-11-22-14/h1-2,4-5,14H,3,6-11H2. The van der Waals surface area contributed by atoms with Crippen molar-refractivity contribution in [2.75, 3.05) is 32.8 Å². The summed E-state index contributed by atoms with van der Waals surface area (Å²) >= 11 is 3.41. The average Bonchev–Trinajstić information content (AvgIpc) is 3.09. The van der Waals surface area contributed by atoms with Crippen molar-refractivity contribution in [3.8, 4) is 0 Å². The van der Waals surface area contributed by atoms with Crippen molar-refractivity contribution in [1.82, 2.24) is 9.80 Å². The van der Waals surface area contributed by atoms with Crippen molar-refractivity contribution in [1.29, 1.82) is 0 Å². The van der Waals surface area contributed by atoms with Gasteiger partial charge in [0.2, 0.25) is 0 Å². The smallest absolute Gasteiger partial charge is 0.255 e. The Morgan fingerprint density at radius 2 is 1.77 bits per heavy atom. The number of halogens is 1. The second kappa shape index (κ2) is 6.79. The molecule has 6 heteroatoms. The summed E-state index contributed by atoms with van der Waals surface area (Å²) in [6.07, 6.45) is 1.50. The molecule has 0 N–H and O–H groups in total. The van der Waals surface area contributed by atoms with Gasteiger partial charge in [-0.15, -0.1) is 0 Å². The van der Waals surface area contributed by atoms with Crippen LogP contribution in [0.3, 0.4) is 0 Å². The minimum atomic E-state index is -0.273. The van der Waals surface area contributed by atoms with Gasteiger partial charge in [0.05, 0.1) is 5.56 Å². The lowest BCUT2D eigenvalue weighted by Crippen LogP contribution is -2.52. The van der Waals surface area contributed by atoms with Gasteiger partial charge in [0.25, 0.3) is 11.8 Å². The molecule has 0 saturated carbocycles. The molecule has 1 aromatic carbocycles. The summed E-state index contributed by atoms with van der Waals surface area (Å²) < 4.78 is 6.25.